The third kappa shape index (κ3) is 6.48. The molecule has 0 amide bonds. The summed E-state index contributed by atoms with van der Waals surface area (Å²) >= 11 is 0. The summed E-state index contributed by atoms with van der Waals surface area (Å²) in [6, 6.07) is 17.6. The number of anilines is 1. The average Bonchev–Trinajstić information content (AvgIpc) is 2.43. The molecular weight excluding hydrogens is 220 g/mol. The van der Waals surface area contributed by atoms with E-state index in [1.165, 1.54) is 11.8 Å². The molecule has 2 aromatic carbocycles. The molecule has 2 aromatic rings. The van der Waals surface area contributed by atoms with Crippen LogP contribution < -0.4 is 5.73 Å². The van der Waals surface area contributed by atoms with Crippen LogP contribution in [0.15, 0.2) is 54.6 Å². The van der Waals surface area contributed by atoms with Gasteiger partial charge in [-0.1, -0.05) is 67.9 Å². The zero-order valence-corrected chi connectivity index (χ0v) is 11.4. The summed E-state index contributed by atoms with van der Waals surface area (Å²) in [4.78, 5) is 0. The van der Waals surface area contributed by atoms with E-state index in [9.17, 15) is 0 Å². The molecule has 0 aromatic heterocycles. The SMILES string of the molecule is CC.Cc1ccccc1.N=Cc1ccccc1N.[HH]. The zero-order chi connectivity index (χ0) is 13.8. The van der Waals surface area contributed by atoms with Gasteiger partial charge in [-0.2, -0.15) is 0 Å². The summed E-state index contributed by atoms with van der Waals surface area (Å²) in [7, 11) is 0. The minimum Gasteiger partial charge on any atom is -0.398 e. The van der Waals surface area contributed by atoms with Gasteiger partial charge < -0.3 is 11.1 Å². The fourth-order valence-electron chi connectivity index (χ4n) is 1.18. The molecule has 0 fully saturated rings. The monoisotopic (exact) mass is 244 g/mol. The first-order chi connectivity index (χ1) is 8.74. The van der Waals surface area contributed by atoms with Gasteiger partial charge in [0.1, 0.15) is 0 Å². The molecule has 0 aliphatic carbocycles. The Morgan fingerprint density at radius 2 is 1.44 bits per heavy atom. The Morgan fingerprint density at radius 3 is 1.78 bits per heavy atom. The second-order valence-electron chi connectivity index (χ2n) is 3.43. The van der Waals surface area contributed by atoms with E-state index in [2.05, 4.69) is 19.1 Å². The quantitative estimate of drug-likeness (QED) is 0.562. The predicted molar refractivity (Wildman–Crippen MR) is 83.4 cm³/mol. The fraction of sp³-hybridized carbons (Fsp3) is 0.188. The maximum atomic E-state index is 6.88. The summed E-state index contributed by atoms with van der Waals surface area (Å²) in [5.41, 5.74) is 8.24. The summed E-state index contributed by atoms with van der Waals surface area (Å²) in [6.45, 7) is 6.08. The van der Waals surface area contributed by atoms with E-state index in [1.54, 1.807) is 6.07 Å². The lowest BCUT2D eigenvalue weighted by Gasteiger charge is -1.94. The van der Waals surface area contributed by atoms with Crippen LogP contribution in [0.5, 0.6) is 0 Å². The molecule has 0 radical (unpaired) electrons. The van der Waals surface area contributed by atoms with Gasteiger partial charge in [0.15, 0.2) is 0 Å². The molecule has 0 spiro atoms. The topological polar surface area (TPSA) is 49.9 Å². The molecule has 0 saturated heterocycles. The minimum absolute atomic E-state index is 0. The highest BCUT2D eigenvalue weighted by Gasteiger charge is 1.88. The Kier molecular flexibility index (Phi) is 8.92. The molecule has 3 N–H and O–H groups in total. The predicted octanol–water partition coefficient (Wildman–Crippen LogP) is 4.53. The Balaban J connectivity index is 0. The Morgan fingerprint density at radius 1 is 0.944 bits per heavy atom. The molecule has 18 heavy (non-hydrogen) atoms. The van der Waals surface area contributed by atoms with Gasteiger partial charge in [-0.15, -0.1) is 0 Å². The summed E-state index contributed by atoms with van der Waals surface area (Å²) < 4.78 is 0. The van der Waals surface area contributed by atoms with Crippen LogP contribution in [-0.4, -0.2) is 6.21 Å². The van der Waals surface area contributed by atoms with E-state index in [0.29, 0.717) is 5.69 Å². The first kappa shape index (κ1) is 15.9. The Labute approximate surface area is 111 Å². The van der Waals surface area contributed by atoms with E-state index in [1.807, 2.05) is 50.2 Å². The van der Waals surface area contributed by atoms with Crippen molar-refractivity contribution < 1.29 is 1.43 Å². The van der Waals surface area contributed by atoms with Crippen molar-refractivity contribution in [3.63, 3.8) is 0 Å². The van der Waals surface area contributed by atoms with Crippen LogP contribution in [0.4, 0.5) is 5.69 Å². The lowest BCUT2D eigenvalue weighted by atomic mass is 10.2. The van der Waals surface area contributed by atoms with Gasteiger partial charge in [0.2, 0.25) is 0 Å². The second kappa shape index (κ2) is 10.1. The van der Waals surface area contributed by atoms with Gasteiger partial charge in [0, 0.05) is 18.9 Å². The number of aryl methyl sites for hydroxylation is 1. The van der Waals surface area contributed by atoms with Crippen LogP contribution >= 0.6 is 0 Å². The maximum absolute atomic E-state index is 6.88. The van der Waals surface area contributed by atoms with Crippen molar-refractivity contribution in [2.75, 3.05) is 5.73 Å². The number of nitrogen functional groups attached to an aromatic ring is 1. The van der Waals surface area contributed by atoms with Gasteiger partial charge in [0.05, 0.1) is 0 Å². The van der Waals surface area contributed by atoms with Gasteiger partial charge in [0.25, 0.3) is 0 Å². The first-order valence-corrected chi connectivity index (χ1v) is 6.10. The number of hydrogen-bond acceptors (Lipinski definition) is 2. The lowest BCUT2D eigenvalue weighted by molar-refractivity contribution is 1.48. The normalized spacial score (nSPS) is 8.17. The highest BCUT2D eigenvalue weighted by molar-refractivity contribution is 5.84. The van der Waals surface area contributed by atoms with Crippen LogP contribution in [0.25, 0.3) is 0 Å². The van der Waals surface area contributed by atoms with Crippen LogP contribution in [0.1, 0.15) is 26.4 Å². The maximum Gasteiger partial charge on any atom is 0.0402 e. The second-order valence-corrected chi connectivity index (χ2v) is 3.43. The molecule has 0 aliphatic heterocycles. The lowest BCUT2D eigenvalue weighted by Crippen LogP contribution is -1.90. The van der Waals surface area contributed by atoms with Crippen LogP contribution in [0.2, 0.25) is 0 Å². The molecule has 2 rings (SSSR count). The molecule has 0 aliphatic rings. The van der Waals surface area contributed by atoms with E-state index in [0.717, 1.165) is 5.56 Å². The molecular formula is C16H24N2. The molecule has 0 heterocycles. The molecule has 98 valence electrons. The van der Waals surface area contributed by atoms with Crippen molar-refractivity contribution in [2.45, 2.75) is 20.8 Å². The smallest absolute Gasteiger partial charge is 0.0402 e. The fourth-order valence-corrected chi connectivity index (χ4v) is 1.18. The third-order valence-electron chi connectivity index (χ3n) is 2.09. The molecule has 2 nitrogen and oxygen atoms in total. The number of nitrogens with one attached hydrogen (secondary N) is 1. The van der Waals surface area contributed by atoms with Gasteiger partial charge in [-0.05, 0) is 13.0 Å². The third-order valence-corrected chi connectivity index (χ3v) is 2.09. The standard InChI is InChI=1S/C7H8N2.C7H8.C2H6.H2/c8-5-6-3-1-2-4-7(6)9;1-7-5-3-2-4-6-7;1-2;/h1-5,8H,9H2;2-6H,1H3;1-2H3;1H. The van der Waals surface area contributed by atoms with Crippen molar-refractivity contribution in [1.82, 2.24) is 0 Å². The number of nitrogens with two attached hydrogens (primary N) is 1. The van der Waals surface area contributed by atoms with Crippen LogP contribution in [0.3, 0.4) is 0 Å². The molecule has 2 heteroatoms. The summed E-state index contributed by atoms with van der Waals surface area (Å²) in [5.74, 6) is 0. The molecule has 0 bridgehead atoms. The van der Waals surface area contributed by atoms with Gasteiger partial charge in [-0.25, -0.2) is 0 Å². The van der Waals surface area contributed by atoms with Crippen molar-refractivity contribution in [3.8, 4) is 0 Å². The number of benzene rings is 2. The molecule has 0 atom stereocenters. The number of rotatable bonds is 1. The minimum atomic E-state index is 0. The molecule has 0 unspecified atom stereocenters. The van der Waals surface area contributed by atoms with Gasteiger partial charge in [-0.3, -0.25) is 0 Å². The number of hydrogen-bond donors (Lipinski definition) is 2. The van der Waals surface area contributed by atoms with Crippen molar-refractivity contribution >= 4 is 11.9 Å². The van der Waals surface area contributed by atoms with E-state index in [4.69, 9.17) is 11.1 Å². The highest BCUT2D eigenvalue weighted by atomic mass is 14.6. The van der Waals surface area contributed by atoms with E-state index >= 15 is 0 Å². The highest BCUT2D eigenvalue weighted by Crippen LogP contribution is 2.05. The summed E-state index contributed by atoms with van der Waals surface area (Å²) in [5, 5.41) is 6.88. The Hall–Kier alpha value is -2.09. The van der Waals surface area contributed by atoms with Crippen molar-refractivity contribution in [3.05, 3.63) is 65.7 Å². The summed E-state index contributed by atoms with van der Waals surface area (Å²) in [6.07, 6.45) is 1.25. The largest absolute Gasteiger partial charge is 0.398 e. The zero-order valence-electron chi connectivity index (χ0n) is 11.4. The Bertz CT molecular complexity index is 442. The van der Waals surface area contributed by atoms with Crippen molar-refractivity contribution in [2.24, 2.45) is 0 Å². The van der Waals surface area contributed by atoms with E-state index < -0.39 is 0 Å². The average molecular weight is 244 g/mol. The number of para-hydroxylation sites is 1. The van der Waals surface area contributed by atoms with Crippen molar-refractivity contribution in [1.29, 1.82) is 5.41 Å². The van der Waals surface area contributed by atoms with Gasteiger partial charge >= 0.3 is 0 Å². The first-order valence-electron chi connectivity index (χ1n) is 6.10. The van der Waals surface area contributed by atoms with Crippen LogP contribution in [0, 0.1) is 12.3 Å². The molecule has 0 saturated carbocycles. The van der Waals surface area contributed by atoms with Crippen LogP contribution in [-0.2, 0) is 0 Å². The van der Waals surface area contributed by atoms with E-state index in [-0.39, 0.29) is 1.43 Å².